The smallest absolute Gasteiger partial charge is 0.0914 e. The maximum absolute atomic E-state index is 10.2. The molecule has 1 aromatic rings. The molecule has 0 heterocycles. The molecule has 1 aromatic carbocycles. The molecule has 0 aliphatic heterocycles. The number of aliphatic hydroxyl groups is 1. The van der Waals surface area contributed by atoms with E-state index in [1.165, 1.54) is 32.1 Å². The van der Waals surface area contributed by atoms with E-state index in [4.69, 9.17) is 0 Å². The fourth-order valence-electron chi connectivity index (χ4n) is 2.93. The van der Waals surface area contributed by atoms with E-state index in [0.717, 1.165) is 16.0 Å². The standard InChI is InChI=1S/C16H24BrNO/c1-12(13-6-3-2-4-7-13)18-11-16(19)14-8-5-9-15(17)10-14/h5,8-10,12-13,16,18-19H,2-4,6-7,11H2,1H3/t12-,16?/m0/s1. The van der Waals surface area contributed by atoms with Crippen LogP contribution in [0.15, 0.2) is 28.7 Å². The third kappa shape index (κ3) is 4.59. The summed E-state index contributed by atoms with van der Waals surface area (Å²) in [6, 6.07) is 8.41. The van der Waals surface area contributed by atoms with Gasteiger partial charge in [0, 0.05) is 17.1 Å². The SMILES string of the molecule is C[C@H](NCC(O)c1cccc(Br)c1)C1CCCCC1. The van der Waals surface area contributed by atoms with Gasteiger partial charge in [0.1, 0.15) is 0 Å². The Morgan fingerprint density at radius 2 is 2.05 bits per heavy atom. The van der Waals surface area contributed by atoms with Gasteiger partial charge in [-0.15, -0.1) is 0 Å². The third-order valence-electron chi connectivity index (χ3n) is 4.22. The first kappa shape index (κ1) is 15.0. The largest absolute Gasteiger partial charge is 0.387 e. The number of nitrogens with one attached hydrogen (secondary N) is 1. The highest BCUT2D eigenvalue weighted by molar-refractivity contribution is 9.10. The highest BCUT2D eigenvalue weighted by Crippen LogP contribution is 2.26. The molecule has 0 amide bonds. The molecule has 2 nitrogen and oxygen atoms in total. The van der Waals surface area contributed by atoms with E-state index in [1.807, 2.05) is 24.3 Å². The van der Waals surface area contributed by atoms with E-state index in [-0.39, 0.29) is 0 Å². The molecule has 0 spiro atoms. The number of hydrogen-bond acceptors (Lipinski definition) is 2. The van der Waals surface area contributed by atoms with Gasteiger partial charge in [-0.3, -0.25) is 0 Å². The molecule has 2 N–H and O–H groups in total. The van der Waals surface area contributed by atoms with Gasteiger partial charge in [-0.25, -0.2) is 0 Å². The minimum Gasteiger partial charge on any atom is -0.387 e. The van der Waals surface area contributed by atoms with Gasteiger partial charge in [-0.05, 0) is 43.4 Å². The van der Waals surface area contributed by atoms with Crippen LogP contribution >= 0.6 is 15.9 Å². The summed E-state index contributed by atoms with van der Waals surface area (Å²) in [6.45, 7) is 2.89. The molecule has 1 fully saturated rings. The summed E-state index contributed by atoms with van der Waals surface area (Å²) in [5.74, 6) is 0.781. The van der Waals surface area contributed by atoms with Gasteiger partial charge in [0.2, 0.25) is 0 Å². The van der Waals surface area contributed by atoms with Crippen molar-refractivity contribution in [2.45, 2.75) is 51.2 Å². The third-order valence-corrected chi connectivity index (χ3v) is 4.72. The molecule has 3 heteroatoms. The zero-order valence-electron chi connectivity index (χ0n) is 11.6. The van der Waals surface area contributed by atoms with Gasteiger partial charge in [0.25, 0.3) is 0 Å². The highest BCUT2D eigenvalue weighted by atomic mass is 79.9. The Labute approximate surface area is 124 Å². The van der Waals surface area contributed by atoms with Gasteiger partial charge >= 0.3 is 0 Å². The van der Waals surface area contributed by atoms with E-state index in [9.17, 15) is 5.11 Å². The first-order valence-electron chi connectivity index (χ1n) is 7.33. The molecule has 19 heavy (non-hydrogen) atoms. The first-order valence-corrected chi connectivity index (χ1v) is 8.13. The summed E-state index contributed by atoms with van der Waals surface area (Å²) in [6.07, 6.45) is 6.37. The van der Waals surface area contributed by atoms with Crippen LogP contribution in [0.2, 0.25) is 0 Å². The number of halogens is 1. The lowest BCUT2D eigenvalue weighted by Gasteiger charge is -2.29. The van der Waals surface area contributed by atoms with E-state index in [0.29, 0.717) is 12.6 Å². The van der Waals surface area contributed by atoms with Crippen LogP contribution in [0.4, 0.5) is 0 Å². The summed E-state index contributed by atoms with van der Waals surface area (Å²) in [7, 11) is 0. The lowest BCUT2D eigenvalue weighted by Crippen LogP contribution is -2.37. The van der Waals surface area contributed by atoms with Gasteiger partial charge in [-0.2, -0.15) is 0 Å². The molecule has 0 radical (unpaired) electrons. The minimum atomic E-state index is -0.427. The lowest BCUT2D eigenvalue weighted by atomic mass is 9.84. The van der Waals surface area contributed by atoms with E-state index < -0.39 is 6.10 Å². The average Bonchev–Trinajstić information content (AvgIpc) is 2.45. The normalized spacial score (nSPS) is 20.2. The predicted octanol–water partition coefficient (Wildman–Crippen LogP) is 4.04. The Hall–Kier alpha value is -0.380. The van der Waals surface area contributed by atoms with Crippen molar-refractivity contribution >= 4 is 15.9 Å². The molecule has 1 unspecified atom stereocenters. The van der Waals surface area contributed by atoms with Crippen molar-refractivity contribution in [2.24, 2.45) is 5.92 Å². The Bertz CT molecular complexity index is 390. The van der Waals surface area contributed by atoms with Gasteiger partial charge in [0.15, 0.2) is 0 Å². The van der Waals surface area contributed by atoms with Crippen molar-refractivity contribution in [1.82, 2.24) is 5.32 Å². The fourth-order valence-corrected chi connectivity index (χ4v) is 3.35. The van der Waals surface area contributed by atoms with E-state index in [1.54, 1.807) is 0 Å². The number of rotatable bonds is 5. The molecule has 1 saturated carbocycles. The van der Waals surface area contributed by atoms with Crippen LogP contribution in [-0.2, 0) is 0 Å². The van der Waals surface area contributed by atoms with Crippen LogP contribution in [0.1, 0.15) is 50.7 Å². The quantitative estimate of drug-likeness (QED) is 0.856. The highest BCUT2D eigenvalue weighted by Gasteiger charge is 2.20. The van der Waals surface area contributed by atoms with Crippen molar-refractivity contribution in [1.29, 1.82) is 0 Å². The molecule has 0 bridgehead atoms. The zero-order valence-corrected chi connectivity index (χ0v) is 13.2. The van der Waals surface area contributed by atoms with Crippen LogP contribution < -0.4 is 5.32 Å². The molecule has 0 aromatic heterocycles. The first-order chi connectivity index (χ1) is 9.16. The summed E-state index contributed by atoms with van der Waals surface area (Å²) < 4.78 is 1.02. The summed E-state index contributed by atoms with van der Waals surface area (Å²) in [5, 5.41) is 13.7. The van der Waals surface area contributed by atoms with Crippen molar-refractivity contribution in [3.05, 3.63) is 34.3 Å². The Morgan fingerprint density at radius 3 is 2.74 bits per heavy atom. The maximum atomic E-state index is 10.2. The zero-order chi connectivity index (χ0) is 13.7. The minimum absolute atomic E-state index is 0.427. The van der Waals surface area contributed by atoms with Crippen molar-refractivity contribution in [2.75, 3.05) is 6.54 Å². The van der Waals surface area contributed by atoms with Crippen molar-refractivity contribution in [3.63, 3.8) is 0 Å². The second-order valence-electron chi connectivity index (χ2n) is 5.67. The number of hydrogen-bond donors (Lipinski definition) is 2. The lowest BCUT2D eigenvalue weighted by molar-refractivity contribution is 0.161. The van der Waals surface area contributed by atoms with Crippen LogP contribution in [0.5, 0.6) is 0 Å². The Balaban J connectivity index is 1.80. The van der Waals surface area contributed by atoms with Gasteiger partial charge in [0.05, 0.1) is 6.10 Å². The molecule has 106 valence electrons. The van der Waals surface area contributed by atoms with Crippen molar-refractivity contribution in [3.8, 4) is 0 Å². The van der Waals surface area contributed by atoms with E-state index in [2.05, 4.69) is 28.2 Å². The molecular formula is C16H24BrNO. The van der Waals surface area contributed by atoms with Gasteiger partial charge < -0.3 is 10.4 Å². The van der Waals surface area contributed by atoms with Crippen LogP contribution in [0.3, 0.4) is 0 Å². The fraction of sp³-hybridized carbons (Fsp3) is 0.625. The van der Waals surface area contributed by atoms with Crippen molar-refractivity contribution < 1.29 is 5.11 Å². The molecular weight excluding hydrogens is 302 g/mol. The van der Waals surface area contributed by atoms with Crippen LogP contribution in [-0.4, -0.2) is 17.7 Å². The van der Waals surface area contributed by atoms with Crippen LogP contribution in [0, 0.1) is 5.92 Å². The van der Waals surface area contributed by atoms with Gasteiger partial charge in [-0.1, -0.05) is 47.3 Å². The Kier molecular flexibility index (Phi) is 5.86. The summed E-state index contributed by atoms with van der Waals surface area (Å²) in [4.78, 5) is 0. The molecule has 2 atom stereocenters. The molecule has 1 aliphatic rings. The predicted molar refractivity (Wildman–Crippen MR) is 83.1 cm³/mol. The second kappa shape index (κ2) is 7.41. The number of aliphatic hydroxyl groups excluding tert-OH is 1. The molecule has 1 aliphatic carbocycles. The second-order valence-corrected chi connectivity index (χ2v) is 6.58. The summed E-state index contributed by atoms with van der Waals surface area (Å²) in [5.41, 5.74) is 0.970. The molecule has 0 saturated heterocycles. The van der Waals surface area contributed by atoms with E-state index >= 15 is 0 Å². The summed E-state index contributed by atoms with van der Waals surface area (Å²) >= 11 is 3.44. The topological polar surface area (TPSA) is 32.3 Å². The monoisotopic (exact) mass is 325 g/mol. The number of benzene rings is 1. The van der Waals surface area contributed by atoms with Crippen LogP contribution in [0.25, 0.3) is 0 Å². The molecule has 2 rings (SSSR count). The Morgan fingerprint density at radius 1 is 1.32 bits per heavy atom. The average molecular weight is 326 g/mol. The maximum Gasteiger partial charge on any atom is 0.0914 e.